The summed E-state index contributed by atoms with van der Waals surface area (Å²) in [6, 6.07) is 12.1. The molecule has 2 N–H and O–H groups in total. The second kappa shape index (κ2) is 7.48. The van der Waals surface area contributed by atoms with Crippen LogP contribution in [-0.2, 0) is 0 Å². The zero-order valence-electron chi connectivity index (χ0n) is 15.8. The lowest BCUT2D eigenvalue weighted by Gasteiger charge is -2.30. The van der Waals surface area contributed by atoms with Crippen LogP contribution in [0.15, 0.2) is 61.2 Å². The van der Waals surface area contributed by atoms with Crippen LogP contribution >= 0.6 is 0 Å². The van der Waals surface area contributed by atoms with E-state index >= 15 is 0 Å². The maximum atomic E-state index is 9.77. The van der Waals surface area contributed by atoms with Crippen molar-refractivity contribution in [2.75, 3.05) is 23.3 Å². The fourth-order valence-corrected chi connectivity index (χ4v) is 3.65. The van der Waals surface area contributed by atoms with Crippen LogP contribution in [0.4, 0.5) is 17.5 Å². The van der Waals surface area contributed by atoms with Gasteiger partial charge in [-0.15, -0.1) is 5.10 Å². The van der Waals surface area contributed by atoms with Crippen molar-refractivity contribution in [1.29, 1.82) is 0 Å². The van der Waals surface area contributed by atoms with Crippen molar-refractivity contribution in [3.8, 4) is 5.69 Å². The van der Waals surface area contributed by atoms with E-state index in [4.69, 9.17) is 5.10 Å². The molecule has 5 rings (SSSR count). The Balaban J connectivity index is 1.53. The minimum Gasteiger partial charge on any atom is -0.393 e. The first-order valence-corrected chi connectivity index (χ1v) is 9.68. The highest BCUT2D eigenvalue weighted by atomic mass is 16.3. The summed E-state index contributed by atoms with van der Waals surface area (Å²) in [5.74, 6) is 2.27. The number of anilines is 3. The van der Waals surface area contributed by atoms with E-state index in [1.54, 1.807) is 18.6 Å². The summed E-state index contributed by atoms with van der Waals surface area (Å²) < 4.78 is 1.91. The molecule has 0 unspecified atom stereocenters. The number of pyridine rings is 1. The van der Waals surface area contributed by atoms with Crippen LogP contribution in [0.3, 0.4) is 0 Å². The smallest absolute Gasteiger partial charge is 0.162 e. The third kappa shape index (κ3) is 3.50. The highest BCUT2D eigenvalue weighted by molar-refractivity contribution is 5.92. The molecule has 29 heavy (non-hydrogen) atoms. The van der Waals surface area contributed by atoms with Crippen LogP contribution in [0.5, 0.6) is 0 Å². The SMILES string of the molecule is OC1CCN(c2cc(-n3nc(Nc4cnccn4)c4ccccc43)ccn2)CC1. The topological polar surface area (TPSA) is 92.0 Å². The van der Waals surface area contributed by atoms with Crippen molar-refractivity contribution in [2.24, 2.45) is 0 Å². The van der Waals surface area contributed by atoms with Crippen LogP contribution < -0.4 is 10.2 Å². The number of hydrogen-bond acceptors (Lipinski definition) is 7. The van der Waals surface area contributed by atoms with E-state index in [0.29, 0.717) is 5.82 Å². The van der Waals surface area contributed by atoms with Gasteiger partial charge in [-0.2, -0.15) is 0 Å². The number of para-hydroxylation sites is 1. The fraction of sp³-hybridized carbons (Fsp3) is 0.238. The van der Waals surface area contributed by atoms with E-state index in [2.05, 4.69) is 25.2 Å². The van der Waals surface area contributed by atoms with Crippen molar-refractivity contribution in [1.82, 2.24) is 24.7 Å². The maximum Gasteiger partial charge on any atom is 0.162 e. The van der Waals surface area contributed by atoms with Gasteiger partial charge in [0, 0.05) is 43.1 Å². The molecule has 0 aliphatic carbocycles. The molecule has 1 fully saturated rings. The van der Waals surface area contributed by atoms with Crippen LogP contribution in [-0.4, -0.2) is 49.0 Å². The second-order valence-electron chi connectivity index (χ2n) is 7.08. The molecule has 4 heterocycles. The van der Waals surface area contributed by atoms with E-state index in [9.17, 15) is 5.11 Å². The van der Waals surface area contributed by atoms with Gasteiger partial charge in [-0.1, -0.05) is 12.1 Å². The van der Waals surface area contributed by atoms with E-state index < -0.39 is 0 Å². The molecule has 1 saturated heterocycles. The molecule has 0 amide bonds. The maximum absolute atomic E-state index is 9.77. The van der Waals surface area contributed by atoms with Gasteiger partial charge in [0.25, 0.3) is 0 Å². The lowest BCUT2D eigenvalue weighted by Crippen LogP contribution is -2.36. The molecule has 4 aromatic rings. The molecule has 0 spiro atoms. The minimum atomic E-state index is -0.209. The fourth-order valence-electron chi connectivity index (χ4n) is 3.65. The molecule has 0 atom stereocenters. The lowest BCUT2D eigenvalue weighted by atomic mass is 10.1. The number of fused-ring (bicyclic) bond motifs is 1. The molecule has 0 saturated carbocycles. The Morgan fingerprint density at radius 1 is 1.00 bits per heavy atom. The zero-order chi connectivity index (χ0) is 19.6. The van der Waals surface area contributed by atoms with Gasteiger partial charge in [0.15, 0.2) is 5.82 Å². The standard InChI is InChI=1S/C21H21N7O/c29-16-6-11-27(12-7-16)20-13-15(5-8-24-20)28-18-4-2-1-3-17(18)21(26-28)25-19-14-22-9-10-23-19/h1-5,8-10,13-14,16,29H,6-7,11-12H2,(H,23,25,26). The van der Waals surface area contributed by atoms with Gasteiger partial charge >= 0.3 is 0 Å². The summed E-state index contributed by atoms with van der Waals surface area (Å²) in [4.78, 5) is 15.1. The average Bonchev–Trinajstić information content (AvgIpc) is 3.14. The molecule has 0 bridgehead atoms. The number of aliphatic hydroxyl groups is 1. The Kier molecular flexibility index (Phi) is 4.53. The Morgan fingerprint density at radius 2 is 1.86 bits per heavy atom. The zero-order valence-corrected chi connectivity index (χ0v) is 15.8. The number of piperidine rings is 1. The van der Waals surface area contributed by atoms with Gasteiger partial charge in [-0.3, -0.25) is 4.98 Å². The van der Waals surface area contributed by atoms with Gasteiger partial charge < -0.3 is 15.3 Å². The molecule has 146 valence electrons. The molecule has 1 aromatic carbocycles. The van der Waals surface area contributed by atoms with Crippen molar-refractivity contribution in [2.45, 2.75) is 18.9 Å². The highest BCUT2D eigenvalue weighted by Gasteiger charge is 2.19. The van der Waals surface area contributed by atoms with Gasteiger partial charge in [0.05, 0.1) is 23.5 Å². The average molecular weight is 387 g/mol. The molecule has 1 aliphatic rings. The summed E-state index contributed by atoms with van der Waals surface area (Å²) in [6.45, 7) is 1.61. The third-order valence-electron chi connectivity index (χ3n) is 5.16. The van der Waals surface area contributed by atoms with Crippen molar-refractivity contribution in [3.05, 3.63) is 61.2 Å². The first kappa shape index (κ1) is 17.6. The van der Waals surface area contributed by atoms with Crippen LogP contribution in [0.1, 0.15) is 12.8 Å². The van der Waals surface area contributed by atoms with Crippen LogP contribution in [0.2, 0.25) is 0 Å². The molecule has 8 heteroatoms. The van der Waals surface area contributed by atoms with Gasteiger partial charge in [-0.05, 0) is 31.0 Å². The Bertz CT molecular complexity index is 1120. The second-order valence-corrected chi connectivity index (χ2v) is 7.08. The molecule has 3 aromatic heterocycles. The quantitative estimate of drug-likeness (QED) is 0.556. The monoisotopic (exact) mass is 387 g/mol. The molecule has 1 aliphatic heterocycles. The third-order valence-corrected chi connectivity index (χ3v) is 5.16. The number of aromatic nitrogens is 5. The van der Waals surface area contributed by atoms with E-state index in [0.717, 1.165) is 54.2 Å². The van der Waals surface area contributed by atoms with Crippen molar-refractivity contribution < 1.29 is 5.11 Å². The largest absolute Gasteiger partial charge is 0.393 e. The van der Waals surface area contributed by atoms with Crippen LogP contribution in [0, 0.1) is 0 Å². The van der Waals surface area contributed by atoms with Gasteiger partial charge in [0.2, 0.25) is 0 Å². The minimum absolute atomic E-state index is 0.209. The Hall–Kier alpha value is -3.52. The van der Waals surface area contributed by atoms with Crippen LogP contribution in [0.25, 0.3) is 16.6 Å². The summed E-state index contributed by atoms with van der Waals surface area (Å²) in [6.07, 6.45) is 8.09. The predicted octanol–water partition coefficient (Wildman–Crippen LogP) is 2.92. The van der Waals surface area contributed by atoms with E-state index in [-0.39, 0.29) is 6.10 Å². The lowest BCUT2D eigenvalue weighted by molar-refractivity contribution is 0.145. The number of nitrogens with one attached hydrogen (secondary N) is 1. The highest BCUT2D eigenvalue weighted by Crippen LogP contribution is 2.28. The van der Waals surface area contributed by atoms with Gasteiger partial charge in [-0.25, -0.2) is 14.6 Å². The summed E-state index contributed by atoms with van der Waals surface area (Å²) in [5.41, 5.74) is 1.93. The number of hydrogen-bond donors (Lipinski definition) is 2. The van der Waals surface area contributed by atoms with E-state index in [1.807, 2.05) is 47.3 Å². The van der Waals surface area contributed by atoms with Crippen molar-refractivity contribution in [3.63, 3.8) is 0 Å². The Morgan fingerprint density at radius 3 is 2.69 bits per heavy atom. The summed E-state index contributed by atoms with van der Waals surface area (Å²) >= 11 is 0. The number of nitrogens with zero attached hydrogens (tertiary/aromatic N) is 6. The van der Waals surface area contributed by atoms with E-state index in [1.165, 1.54) is 0 Å². The normalized spacial score (nSPS) is 15.0. The number of aliphatic hydroxyl groups excluding tert-OH is 1. The summed E-state index contributed by atoms with van der Waals surface area (Å²) in [5, 5.41) is 18.8. The molecular weight excluding hydrogens is 366 g/mol. The predicted molar refractivity (Wildman–Crippen MR) is 112 cm³/mol. The number of rotatable bonds is 4. The first-order chi connectivity index (χ1) is 14.3. The Labute approximate surface area is 167 Å². The number of benzene rings is 1. The van der Waals surface area contributed by atoms with Crippen molar-refractivity contribution >= 4 is 28.4 Å². The molecule has 0 radical (unpaired) electrons. The first-order valence-electron chi connectivity index (χ1n) is 9.68. The molecular formula is C21H21N7O. The summed E-state index contributed by atoms with van der Waals surface area (Å²) in [7, 11) is 0. The van der Waals surface area contributed by atoms with Gasteiger partial charge in [0.1, 0.15) is 11.6 Å². The molecule has 8 nitrogen and oxygen atoms in total.